The molecule has 4 rings (SSSR count). The molecule has 1 fully saturated rings. The van der Waals surface area contributed by atoms with E-state index in [0.717, 1.165) is 30.6 Å². The van der Waals surface area contributed by atoms with Crippen LogP contribution in [0.5, 0.6) is 0 Å². The molecule has 2 aromatic heterocycles. The minimum Gasteiger partial charge on any atom is -0.451 e. The maximum atomic E-state index is 12.7. The van der Waals surface area contributed by atoms with Crippen molar-refractivity contribution in [3.8, 4) is 0 Å². The summed E-state index contributed by atoms with van der Waals surface area (Å²) < 4.78 is 5.69. The second-order valence-electron chi connectivity index (χ2n) is 6.77. The Hall–Kier alpha value is -3.19. The predicted molar refractivity (Wildman–Crippen MR) is 105 cm³/mol. The highest BCUT2D eigenvalue weighted by atomic mass is 16.3. The van der Waals surface area contributed by atoms with Gasteiger partial charge in [-0.1, -0.05) is 18.2 Å². The molecule has 3 aromatic rings. The van der Waals surface area contributed by atoms with Gasteiger partial charge < -0.3 is 14.6 Å². The lowest BCUT2D eigenvalue weighted by atomic mass is 10.2. The van der Waals surface area contributed by atoms with Crippen molar-refractivity contribution in [2.75, 3.05) is 39.3 Å². The van der Waals surface area contributed by atoms with E-state index in [1.165, 1.54) is 0 Å². The Kier molecular flexibility index (Phi) is 5.34. The molecule has 1 aliphatic heterocycles. The number of benzene rings is 1. The van der Waals surface area contributed by atoms with Gasteiger partial charge in [-0.15, -0.1) is 0 Å². The second-order valence-corrected chi connectivity index (χ2v) is 6.77. The summed E-state index contributed by atoms with van der Waals surface area (Å²) in [6, 6.07) is 12.8. The Morgan fingerprint density at radius 3 is 2.54 bits per heavy atom. The number of furan rings is 1. The average Bonchev–Trinajstić information content (AvgIpc) is 3.18. The van der Waals surface area contributed by atoms with Crippen LogP contribution in [0.1, 0.15) is 20.9 Å². The van der Waals surface area contributed by atoms with Crippen LogP contribution in [0.3, 0.4) is 0 Å². The van der Waals surface area contributed by atoms with Gasteiger partial charge in [0.25, 0.3) is 11.8 Å². The van der Waals surface area contributed by atoms with Crippen LogP contribution in [-0.2, 0) is 0 Å². The van der Waals surface area contributed by atoms with Crippen molar-refractivity contribution in [1.82, 2.24) is 20.1 Å². The van der Waals surface area contributed by atoms with E-state index in [4.69, 9.17) is 4.42 Å². The third-order valence-electron chi connectivity index (χ3n) is 4.95. The summed E-state index contributed by atoms with van der Waals surface area (Å²) in [4.78, 5) is 32.7. The topological polar surface area (TPSA) is 78.7 Å². The fourth-order valence-electron chi connectivity index (χ4n) is 3.35. The van der Waals surface area contributed by atoms with Gasteiger partial charge in [-0.2, -0.15) is 0 Å². The number of nitrogens with one attached hydrogen (secondary N) is 1. The van der Waals surface area contributed by atoms with Gasteiger partial charge in [-0.05, 0) is 24.3 Å². The highest BCUT2D eigenvalue weighted by molar-refractivity contribution is 5.96. The molecule has 1 N–H and O–H groups in total. The van der Waals surface area contributed by atoms with Gasteiger partial charge in [0.15, 0.2) is 5.76 Å². The number of rotatable bonds is 5. The monoisotopic (exact) mass is 378 g/mol. The first-order valence-corrected chi connectivity index (χ1v) is 9.39. The van der Waals surface area contributed by atoms with E-state index in [1.54, 1.807) is 30.6 Å². The minimum atomic E-state index is -0.0962. The molecular weight excluding hydrogens is 356 g/mol. The van der Waals surface area contributed by atoms with E-state index in [0.29, 0.717) is 31.0 Å². The van der Waals surface area contributed by atoms with Gasteiger partial charge in [0.05, 0.1) is 0 Å². The standard InChI is InChI=1S/C21H22N4O3/c26-20(16-5-7-22-8-6-16)23-9-10-24-11-13-25(14-12-24)21(27)19-15-17-3-1-2-4-18(17)28-19/h1-8,15H,9-14H2,(H,23,26). The molecule has 1 aliphatic rings. The summed E-state index contributed by atoms with van der Waals surface area (Å²) >= 11 is 0. The smallest absolute Gasteiger partial charge is 0.289 e. The number of pyridine rings is 1. The first kappa shape index (κ1) is 18.2. The molecule has 3 heterocycles. The molecule has 7 nitrogen and oxygen atoms in total. The summed E-state index contributed by atoms with van der Waals surface area (Å²) in [6.07, 6.45) is 3.21. The summed E-state index contributed by atoms with van der Waals surface area (Å²) in [5.41, 5.74) is 1.34. The first-order valence-electron chi connectivity index (χ1n) is 9.39. The number of hydrogen-bond acceptors (Lipinski definition) is 5. The fraction of sp³-hybridized carbons (Fsp3) is 0.286. The van der Waals surface area contributed by atoms with E-state index in [-0.39, 0.29) is 11.8 Å². The van der Waals surface area contributed by atoms with E-state index in [1.807, 2.05) is 29.2 Å². The van der Waals surface area contributed by atoms with Crippen LogP contribution < -0.4 is 5.32 Å². The molecule has 7 heteroatoms. The van der Waals surface area contributed by atoms with E-state index in [2.05, 4.69) is 15.2 Å². The highest BCUT2D eigenvalue weighted by Crippen LogP contribution is 2.20. The van der Waals surface area contributed by atoms with Crippen LogP contribution >= 0.6 is 0 Å². The lowest BCUT2D eigenvalue weighted by Gasteiger charge is -2.34. The zero-order valence-corrected chi connectivity index (χ0v) is 15.5. The van der Waals surface area contributed by atoms with Crippen LogP contribution in [-0.4, -0.2) is 65.9 Å². The van der Waals surface area contributed by atoms with Crippen LogP contribution in [0, 0.1) is 0 Å². The number of amides is 2. The number of nitrogens with zero attached hydrogens (tertiary/aromatic N) is 3. The third-order valence-corrected chi connectivity index (χ3v) is 4.95. The number of piperazine rings is 1. The molecule has 0 radical (unpaired) electrons. The zero-order valence-electron chi connectivity index (χ0n) is 15.5. The molecule has 1 aromatic carbocycles. The van der Waals surface area contributed by atoms with Crippen molar-refractivity contribution in [2.45, 2.75) is 0 Å². The van der Waals surface area contributed by atoms with Gasteiger partial charge >= 0.3 is 0 Å². The third kappa shape index (κ3) is 4.04. The normalized spacial score (nSPS) is 14.9. The van der Waals surface area contributed by atoms with Gasteiger partial charge in [0, 0.05) is 62.6 Å². The largest absolute Gasteiger partial charge is 0.451 e. The Labute approximate surface area is 162 Å². The summed E-state index contributed by atoms with van der Waals surface area (Å²) in [5, 5.41) is 3.86. The van der Waals surface area contributed by atoms with Gasteiger partial charge in [-0.3, -0.25) is 19.5 Å². The lowest BCUT2D eigenvalue weighted by Crippen LogP contribution is -2.50. The molecular formula is C21H22N4O3. The lowest BCUT2D eigenvalue weighted by molar-refractivity contribution is 0.0609. The number of fused-ring (bicyclic) bond motifs is 1. The first-order chi connectivity index (χ1) is 13.7. The van der Waals surface area contributed by atoms with Crippen molar-refractivity contribution in [2.24, 2.45) is 0 Å². The van der Waals surface area contributed by atoms with E-state index >= 15 is 0 Å². The Balaban J connectivity index is 1.24. The minimum absolute atomic E-state index is 0.0677. The summed E-state index contributed by atoms with van der Waals surface area (Å²) in [6.45, 7) is 4.17. The SMILES string of the molecule is O=C(NCCN1CCN(C(=O)c2cc3ccccc3o2)CC1)c1ccncc1. The van der Waals surface area contributed by atoms with E-state index in [9.17, 15) is 9.59 Å². The maximum Gasteiger partial charge on any atom is 0.289 e. The van der Waals surface area contributed by atoms with E-state index < -0.39 is 0 Å². The molecule has 144 valence electrons. The summed E-state index contributed by atoms with van der Waals surface area (Å²) in [5.74, 6) is 0.224. The van der Waals surface area contributed by atoms with Crippen LogP contribution in [0.15, 0.2) is 59.3 Å². The van der Waals surface area contributed by atoms with Crippen molar-refractivity contribution < 1.29 is 14.0 Å². The highest BCUT2D eigenvalue weighted by Gasteiger charge is 2.24. The second kappa shape index (κ2) is 8.22. The Morgan fingerprint density at radius 2 is 1.79 bits per heavy atom. The molecule has 0 unspecified atom stereocenters. The van der Waals surface area contributed by atoms with Gasteiger partial charge in [0.1, 0.15) is 5.58 Å². The molecule has 28 heavy (non-hydrogen) atoms. The molecule has 0 atom stereocenters. The number of carbonyl (C=O) groups excluding carboxylic acids is 2. The number of para-hydroxylation sites is 1. The van der Waals surface area contributed by atoms with Crippen molar-refractivity contribution in [1.29, 1.82) is 0 Å². The van der Waals surface area contributed by atoms with Crippen molar-refractivity contribution in [3.05, 3.63) is 66.2 Å². The molecule has 1 saturated heterocycles. The zero-order chi connectivity index (χ0) is 19.3. The van der Waals surface area contributed by atoms with Gasteiger partial charge in [-0.25, -0.2) is 0 Å². The number of hydrogen-bond donors (Lipinski definition) is 1. The Bertz CT molecular complexity index is 929. The van der Waals surface area contributed by atoms with Crippen molar-refractivity contribution >= 4 is 22.8 Å². The van der Waals surface area contributed by atoms with Gasteiger partial charge in [0.2, 0.25) is 0 Å². The molecule has 0 aliphatic carbocycles. The average molecular weight is 378 g/mol. The number of aromatic nitrogens is 1. The fourth-order valence-corrected chi connectivity index (χ4v) is 3.35. The number of carbonyl (C=O) groups is 2. The summed E-state index contributed by atoms with van der Waals surface area (Å²) in [7, 11) is 0. The van der Waals surface area contributed by atoms with Crippen LogP contribution in [0.2, 0.25) is 0 Å². The maximum absolute atomic E-state index is 12.7. The van der Waals surface area contributed by atoms with Crippen LogP contribution in [0.4, 0.5) is 0 Å². The van der Waals surface area contributed by atoms with Crippen LogP contribution in [0.25, 0.3) is 11.0 Å². The molecule has 2 amide bonds. The van der Waals surface area contributed by atoms with Crippen molar-refractivity contribution in [3.63, 3.8) is 0 Å². The quantitative estimate of drug-likeness (QED) is 0.735. The molecule has 0 bridgehead atoms. The Morgan fingerprint density at radius 1 is 1.04 bits per heavy atom. The predicted octanol–water partition coefficient (Wildman–Crippen LogP) is 2.02. The molecule has 0 spiro atoms. The molecule has 0 saturated carbocycles.